The molecule has 27 heavy (non-hydrogen) atoms. The standard InChI is InChI=1S/C19H40O6S2/c20-26(21,22)18-16-14-12-10-8-6-4-2-1-3-5-7-9-11-13-15-17-19-27(23,24)25/h1-19H2,(H,20,21,22)(H,23,24,25). The average molecular weight is 429 g/mol. The number of rotatable bonds is 20. The monoisotopic (exact) mass is 428 g/mol. The maximum atomic E-state index is 10.6. The van der Waals surface area contributed by atoms with E-state index in [0.29, 0.717) is 12.8 Å². The molecule has 0 aromatic carbocycles. The fourth-order valence-corrected chi connectivity index (χ4v) is 4.36. The van der Waals surface area contributed by atoms with Crippen LogP contribution in [0.5, 0.6) is 0 Å². The minimum absolute atomic E-state index is 0.110. The summed E-state index contributed by atoms with van der Waals surface area (Å²) in [5, 5.41) is 0. The zero-order valence-corrected chi connectivity index (χ0v) is 18.4. The van der Waals surface area contributed by atoms with Crippen molar-refractivity contribution in [2.45, 2.75) is 109 Å². The van der Waals surface area contributed by atoms with Gasteiger partial charge in [0.2, 0.25) is 0 Å². The molecule has 0 aliphatic rings. The van der Waals surface area contributed by atoms with Crippen LogP contribution in [0.2, 0.25) is 0 Å². The van der Waals surface area contributed by atoms with Crippen LogP contribution in [0.4, 0.5) is 0 Å². The lowest BCUT2D eigenvalue weighted by Crippen LogP contribution is -2.03. The number of hydrogen-bond acceptors (Lipinski definition) is 4. The van der Waals surface area contributed by atoms with Crippen LogP contribution in [0.15, 0.2) is 0 Å². The summed E-state index contributed by atoms with van der Waals surface area (Å²) in [6.07, 6.45) is 18.6. The Morgan fingerprint density at radius 1 is 0.333 bits per heavy atom. The van der Waals surface area contributed by atoms with Crippen molar-refractivity contribution >= 4 is 20.2 Å². The molecule has 0 fully saturated rings. The van der Waals surface area contributed by atoms with Gasteiger partial charge in [-0.1, -0.05) is 96.3 Å². The Morgan fingerprint density at radius 3 is 0.630 bits per heavy atom. The molecule has 0 rings (SSSR count). The zero-order valence-electron chi connectivity index (χ0n) is 16.8. The molecule has 0 aromatic rings. The van der Waals surface area contributed by atoms with Gasteiger partial charge in [-0.2, -0.15) is 16.8 Å². The second-order valence-corrected chi connectivity index (χ2v) is 10.7. The molecule has 0 bridgehead atoms. The first-order valence-corrected chi connectivity index (χ1v) is 13.8. The fourth-order valence-electron chi connectivity index (χ4n) is 3.22. The molecular weight excluding hydrogens is 388 g/mol. The van der Waals surface area contributed by atoms with Gasteiger partial charge in [-0.05, 0) is 12.8 Å². The van der Waals surface area contributed by atoms with Gasteiger partial charge in [0.05, 0.1) is 11.5 Å². The quantitative estimate of drug-likeness (QED) is 0.199. The zero-order chi connectivity index (χ0) is 20.4. The molecule has 0 heterocycles. The van der Waals surface area contributed by atoms with E-state index in [1.54, 1.807) is 0 Å². The van der Waals surface area contributed by atoms with Crippen LogP contribution >= 0.6 is 0 Å². The van der Waals surface area contributed by atoms with E-state index in [0.717, 1.165) is 38.5 Å². The maximum Gasteiger partial charge on any atom is 0.264 e. The van der Waals surface area contributed by atoms with E-state index in [9.17, 15) is 16.8 Å². The van der Waals surface area contributed by atoms with Crippen molar-refractivity contribution in [3.8, 4) is 0 Å². The van der Waals surface area contributed by atoms with Crippen LogP contribution in [0.25, 0.3) is 0 Å². The van der Waals surface area contributed by atoms with Crippen LogP contribution in [0, 0.1) is 0 Å². The van der Waals surface area contributed by atoms with Crippen molar-refractivity contribution in [3.05, 3.63) is 0 Å². The lowest BCUT2D eigenvalue weighted by Gasteiger charge is -2.04. The first kappa shape index (κ1) is 26.8. The van der Waals surface area contributed by atoms with E-state index in [1.807, 2.05) is 0 Å². The van der Waals surface area contributed by atoms with Crippen molar-refractivity contribution < 1.29 is 25.9 Å². The predicted molar refractivity (Wildman–Crippen MR) is 111 cm³/mol. The van der Waals surface area contributed by atoms with Crippen LogP contribution in [-0.2, 0) is 20.2 Å². The summed E-state index contributed by atoms with van der Waals surface area (Å²) in [4.78, 5) is 0. The van der Waals surface area contributed by atoms with E-state index < -0.39 is 20.2 Å². The van der Waals surface area contributed by atoms with E-state index in [2.05, 4.69) is 0 Å². The SMILES string of the molecule is O=S(=O)(O)CCCCCCCCCCCCCCCCCCCS(=O)(=O)O. The highest BCUT2D eigenvalue weighted by atomic mass is 32.2. The summed E-state index contributed by atoms with van der Waals surface area (Å²) in [7, 11) is -7.56. The molecule has 0 spiro atoms. The van der Waals surface area contributed by atoms with Crippen LogP contribution < -0.4 is 0 Å². The highest BCUT2D eigenvalue weighted by molar-refractivity contribution is 7.86. The van der Waals surface area contributed by atoms with E-state index in [1.165, 1.54) is 57.8 Å². The van der Waals surface area contributed by atoms with Crippen molar-refractivity contribution in [2.24, 2.45) is 0 Å². The third-order valence-corrected chi connectivity index (χ3v) is 6.41. The van der Waals surface area contributed by atoms with Gasteiger partial charge in [0, 0.05) is 0 Å². The number of unbranched alkanes of at least 4 members (excludes halogenated alkanes) is 16. The molecule has 0 amide bonds. The Balaban J connectivity index is 3.11. The third kappa shape index (κ3) is 25.8. The molecule has 2 N–H and O–H groups in total. The normalized spacial score (nSPS) is 12.5. The summed E-state index contributed by atoms with van der Waals surface area (Å²) < 4.78 is 59.5. The van der Waals surface area contributed by atoms with Gasteiger partial charge in [-0.3, -0.25) is 9.11 Å². The van der Waals surface area contributed by atoms with Gasteiger partial charge in [-0.25, -0.2) is 0 Å². The predicted octanol–water partition coefficient (Wildman–Crippen LogP) is 5.39. The van der Waals surface area contributed by atoms with Crippen LogP contribution in [-0.4, -0.2) is 37.4 Å². The molecule has 164 valence electrons. The lowest BCUT2D eigenvalue weighted by atomic mass is 10.0. The highest BCUT2D eigenvalue weighted by Gasteiger charge is 2.03. The Kier molecular flexibility index (Phi) is 16.6. The molecule has 0 unspecified atom stereocenters. The van der Waals surface area contributed by atoms with Gasteiger partial charge in [0.15, 0.2) is 0 Å². The molecule has 0 aliphatic carbocycles. The van der Waals surface area contributed by atoms with E-state index in [-0.39, 0.29) is 11.5 Å². The molecule has 0 atom stereocenters. The molecule has 0 radical (unpaired) electrons. The lowest BCUT2D eigenvalue weighted by molar-refractivity contribution is 0.476. The minimum atomic E-state index is -3.78. The topological polar surface area (TPSA) is 109 Å². The van der Waals surface area contributed by atoms with Gasteiger partial charge in [0.1, 0.15) is 0 Å². The Morgan fingerprint density at radius 2 is 0.481 bits per heavy atom. The second kappa shape index (κ2) is 16.7. The van der Waals surface area contributed by atoms with Crippen LogP contribution in [0.3, 0.4) is 0 Å². The third-order valence-electron chi connectivity index (χ3n) is 4.80. The van der Waals surface area contributed by atoms with Crippen molar-refractivity contribution in [1.82, 2.24) is 0 Å². The summed E-state index contributed by atoms with van der Waals surface area (Å²) >= 11 is 0. The van der Waals surface area contributed by atoms with Crippen molar-refractivity contribution in [1.29, 1.82) is 0 Å². The van der Waals surface area contributed by atoms with E-state index >= 15 is 0 Å². The second-order valence-electron chi connectivity index (χ2n) is 7.58. The summed E-state index contributed by atoms with van der Waals surface area (Å²) in [5.74, 6) is -0.220. The number of hydrogen-bond donors (Lipinski definition) is 2. The average Bonchev–Trinajstić information content (AvgIpc) is 2.55. The molecular formula is C19H40O6S2. The molecule has 8 heteroatoms. The molecule has 0 aromatic heterocycles. The molecule has 0 saturated carbocycles. The fraction of sp³-hybridized carbons (Fsp3) is 1.00. The van der Waals surface area contributed by atoms with Gasteiger partial charge in [0.25, 0.3) is 20.2 Å². The molecule has 0 aliphatic heterocycles. The Labute approximate surface area is 167 Å². The minimum Gasteiger partial charge on any atom is -0.286 e. The summed E-state index contributed by atoms with van der Waals surface area (Å²) in [6.45, 7) is 0. The van der Waals surface area contributed by atoms with Crippen molar-refractivity contribution in [2.75, 3.05) is 11.5 Å². The summed E-state index contributed by atoms with van der Waals surface area (Å²) in [6, 6.07) is 0. The molecule has 6 nitrogen and oxygen atoms in total. The van der Waals surface area contributed by atoms with Gasteiger partial charge in [-0.15, -0.1) is 0 Å². The Bertz CT molecular complexity index is 480. The summed E-state index contributed by atoms with van der Waals surface area (Å²) in [5.41, 5.74) is 0. The largest absolute Gasteiger partial charge is 0.286 e. The van der Waals surface area contributed by atoms with Gasteiger partial charge < -0.3 is 0 Å². The van der Waals surface area contributed by atoms with E-state index in [4.69, 9.17) is 9.11 Å². The first-order valence-electron chi connectivity index (χ1n) is 10.6. The van der Waals surface area contributed by atoms with Gasteiger partial charge >= 0.3 is 0 Å². The molecule has 0 saturated heterocycles. The van der Waals surface area contributed by atoms with Crippen LogP contribution in [0.1, 0.15) is 109 Å². The maximum absolute atomic E-state index is 10.6. The first-order chi connectivity index (χ1) is 12.7. The van der Waals surface area contributed by atoms with Crippen molar-refractivity contribution in [3.63, 3.8) is 0 Å². The highest BCUT2D eigenvalue weighted by Crippen LogP contribution is 2.14. The Hall–Kier alpha value is -0.180. The smallest absolute Gasteiger partial charge is 0.264 e.